The lowest BCUT2D eigenvalue weighted by atomic mass is 9.96. The molecule has 1 saturated heterocycles. The topological polar surface area (TPSA) is 84.9 Å². The van der Waals surface area contributed by atoms with Crippen LogP contribution in [0.4, 0.5) is 10.5 Å². The third kappa shape index (κ3) is 3.87. The first-order chi connectivity index (χ1) is 17.1. The van der Waals surface area contributed by atoms with E-state index in [1.54, 1.807) is 24.3 Å². The predicted molar refractivity (Wildman–Crippen MR) is 135 cm³/mol. The number of carbonyl (C=O) groups excluding carboxylic acids is 3. The maximum absolute atomic E-state index is 13.1. The highest BCUT2D eigenvalue weighted by molar-refractivity contribution is 8.18. The van der Waals surface area contributed by atoms with Gasteiger partial charge in [-0.1, -0.05) is 48.5 Å². The van der Waals surface area contributed by atoms with Crippen molar-refractivity contribution in [3.63, 3.8) is 0 Å². The summed E-state index contributed by atoms with van der Waals surface area (Å²) in [5.74, 6) is 0.153. The number of hydrogen-bond donors (Lipinski definition) is 1. The van der Waals surface area contributed by atoms with E-state index >= 15 is 0 Å². The van der Waals surface area contributed by atoms with Crippen LogP contribution in [0.25, 0.3) is 27.6 Å². The van der Waals surface area contributed by atoms with Crippen LogP contribution in [0, 0.1) is 0 Å². The third-order valence-corrected chi connectivity index (χ3v) is 6.83. The molecule has 0 radical (unpaired) electrons. The molecule has 0 spiro atoms. The van der Waals surface area contributed by atoms with Crippen LogP contribution in [0.15, 0.2) is 77.7 Å². The van der Waals surface area contributed by atoms with E-state index in [2.05, 4.69) is 11.4 Å². The lowest BCUT2D eigenvalue weighted by molar-refractivity contribution is -0.127. The summed E-state index contributed by atoms with van der Waals surface area (Å²) in [7, 11) is 0. The lowest BCUT2D eigenvalue weighted by Gasteiger charge is -2.13. The van der Waals surface area contributed by atoms with Crippen LogP contribution in [0.1, 0.15) is 5.56 Å². The van der Waals surface area contributed by atoms with E-state index in [0.717, 1.165) is 43.8 Å². The fourth-order valence-electron chi connectivity index (χ4n) is 4.29. The second-order valence-electron chi connectivity index (χ2n) is 8.12. The normalized spacial score (nSPS) is 16.0. The third-order valence-electron chi connectivity index (χ3n) is 5.92. The largest absolute Gasteiger partial charge is 0.454 e. The molecule has 2 heterocycles. The zero-order valence-electron chi connectivity index (χ0n) is 18.3. The van der Waals surface area contributed by atoms with Gasteiger partial charge in [-0.05, 0) is 63.1 Å². The average molecular weight is 483 g/mol. The van der Waals surface area contributed by atoms with E-state index in [1.165, 1.54) is 0 Å². The molecular formula is C27H18N2O5S. The number of benzene rings is 4. The average Bonchev–Trinajstić information content (AvgIpc) is 3.43. The molecule has 6 rings (SSSR count). The minimum atomic E-state index is -0.488. The maximum Gasteiger partial charge on any atom is 0.294 e. The van der Waals surface area contributed by atoms with Crippen molar-refractivity contribution in [1.82, 2.24) is 4.90 Å². The number of fused-ring (bicyclic) bond motifs is 3. The minimum Gasteiger partial charge on any atom is -0.454 e. The molecule has 2 aliphatic heterocycles. The molecule has 172 valence electrons. The molecule has 2 aliphatic rings. The van der Waals surface area contributed by atoms with Gasteiger partial charge in [0.2, 0.25) is 12.7 Å². The first-order valence-corrected chi connectivity index (χ1v) is 11.7. The SMILES string of the molecule is O=C(CN1C(=O)S/C(=C/c2c3ccccc3cc3ccccc23)C1=O)Nc1ccc2c(c1)OCO2. The molecule has 4 aromatic rings. The molecule has 8 heteroatoms. The summed E-state index contributed by atoms with van der Waals surface area (Å²) in [6, 6.07) is 23.0. The Morgan fingerprint density at radius 2 is 1.60 bits per heavy atom. The number of hydrogen-bond acceptors (Lipinski definition) is 6. The number of imide groups is 1. The number of nitrogens with zero attached hydrogens (tertiary/aromatic N) is 1. The Morgan fingerprint density at radius 3 is 2.34 bits per heavy atom. The molecule has 4 aromatic carbocycles. The number of carbonyl (C=O) groups is 3. The van der Waals surface area contributed by atoms with Crippen molar-refractivity contribution in [2.75, 3.05) is 18.7 Å². The molecule has 1 fully saturated rings. The zero-order chi connectivity index (χ0) is 23.9. The first-order valence-electron chi connectivity index (χ1n) is 10.9. The number of amides is 3. The number of rotatable bonds is 4. The summed E-state index contributed by atoms with van der Waals surface area (Å²) < 4.78 is 10.6. The first kappa shape index (κ1) is 21.2. The quantitative estimate of drug-likeness (QED) is 0.310. The molecule has 0 atom stereocenters. The van der Waals surface area contributed by atoms with Gasteiger partial charge in [-0.3, -0.25) is 19.3 Å². The van der Waals surface area contributed by atoms with Gasteiger partial charge in [0.05, 0.1) is 4.91 Å². The van der Waals surface area contributed by atoms with E-state index in [1.807, 2.05) is 48.5 Å². The molecule has 3 amide bonds. The Labute approximate surface area is 204 Å². The predicted octanol–water partition coefficient (Wildman–Crippen LogP) is 5.40. The van der Waals surface area contributed by atoms with Crippen LogP contribution in [-0.4, -0.2) is 35.3 Å². The summed E-state index contributed by atoms with van der Waals surface area (Å²) >= 11 is 0.840. The Balaban J connectivity index is 1.27. The van der Waals surface area contributed by atoms with Gasteiger partial charge in [-0.25, -0.2) is 0 Å². The second-order valence-corrected chi connectivity index (χ2v) is 9.11. The van der Waals surface area contributed by atoms with Crippen LogP contribution in [-0.2, 0) is 9.59 Å². The molecule has 0 aromatic heterocycles. The van der Waals surface area contributed by atoms with Gasteiger partial charge in [0.1, 0.15) is 6.54 Å². The summed E-state index contributed by atoms with van der Waals surface area (Å²) in [6.07, 6.45) is 1.76. The van der Waals surface area contributed by atoms with Crippen LogP contribution in [0.5, 0.6) is 11.5 Å². The van der Waals surface area contributed by atoms with Crippen molar-refractivity contribution in [1.29, 1.82) is 0 Å². The Morgan fingerprint density at radius 1 is 0.914 bits per heavy atom. The highest BCUT2D eigenvalue weighted by atomic mass is 32.2. The Bertz CT molecular complexity index is 1520. The van der Waals surface area contributed by atoms with Crippen molar-refractivity contribution < 1.29 is 23.9 Å². The lowest BCUT2D eigenvalue weighted by Crippen LogP contribution is -2.36. The van der Waals surface area contributed by atoms with Gasteiger partial charge in [0, 0.05) is 11.8 Å². The van der Waals surface area contributed by atoms with Crippen molar-refractivity contribution in [3.8, 4) is 11.5 Å². The fraction of sp³-hybridized carbons (Fsp3) is 0.0741. The summed E-state index contributed by atoms with van der Waals surface area (Å²) in [4.78, 5) is 39.7. The number of nitrogens with one attached hydrogen (secondary N) is 1. The van der Waals surface area contributed by atoms with Crippen molar-refractivity contribution >= 4 is 62.1 Å². The van der Waals surface area contributed by atoms with E-state index in [0.29, 0.717) is 17.2 Å². The van der Waals surface area contributed by atoms with Gasteiger partial charge in [0.25, 0.3) is 11.1 Å². The summed E-state index contributed by atoms with van der Waals surface area (Å²) in [5, 5.41) is 6.28. The van der Waals surface area contributed by atoms with Crippen molar-refractivity contribution in [2.45, 2.75) is 0 Å². The van der Waals surface area contributed by atoms with Crippen molar-refractivity contribution in [2.24, 2.45) is 0 Å². The molecule has 0 unspecified atom stereocenters. The molecule has 35 heavy (non-hydrogen) atoms. The zero-order valence-corrected chi connectivity index (χ0v) is 19.1. The highest BCUT2D eigenvalue weighted by Crippen LogP contribution is 2.37. The van der Waals surface area contributed by atoms with Crippen molar-refractivity contribution in [3.05, 3.63) is 83.3 Å². The van der Waals surface area contributed by atoms with E-state index in [9.17, 15) is 14.4 Å². The van der Waals surface area contributed by atoms with Crippen LogP contribution >= 0.6 is 11.8 Å². The Hall–Kier alpha value is -4.30. The Kier molecular flexibility index (Phi) is 5.15. The fourth-order valence-corrected chi connectivity index (χ4v) is 5.11. The summed E-state index contributed by atoms with van der Waals surface area (Å²) in [6.45, 7) is -0.255. The van der Waals surface area contributed by atoms with Crippen LogP contribution in [0.3, 0.4) is 0 Å². The van der Waals surface area contributed by atoms with Gasteiger partial charge in [-0.2, -0.15) is 0 Å². The standard InChI is InChI=1S/C27H18N2O5S/c30-25(28-18-9-10-22-23(12-18)34-15-33-22)14-29-26(31)24(35-27(29)32)13-21-19-7-3-1-5-16(19)11-17-6-2-4-8-20(17)21/h1-13H,14-15H2,(H,28,30)/b24-13+. The molecule has 7 nitrogen and oxygen atoms in total. The van der Waals surface area contributed by atoms with E-state index in [4.69, 9.17) is 9.47 Å². The highest BCUT2D eigenvalue weighted by Gasteiger charge is 2.36. The maximum atomic E-state index is 13.1. The summed E-state index contributed by atoms with van der Waals surface area (Å²) in [5.41, 5.74) is 1.36. The van der Waals surface area contributed by atoms with Gasteiger partial charge < -0.3 is 14.8 Å². The molecule has 0 saturated carbocycles. The second kappa shape index (κ2) is 8.48. The smallest absolute Gasteiger partial charge is 0.294 e. The minimum absolute atomic E-state index is 0.127. The van der Waals surface area contributed by atoms with Crippen LogP contribution in [0.2, 0.25) is 0 Å². The monoisotopic (exact) mass is 482 g/mol. The molecule has 1 N–H and O–H groups in total. The number of ether oxygens (including phenoxy) is 2. The molecule has 0 aliphatic carbocycles. The molecular weight excluding hydrogens is 464 g/mol. The van der Waals surface area contributed by atoms with Gasteiger partial charge in [0.15, 0.2) is 11.5 Å². The molecule has 0 bridgehead atoms. The van der Waals surface area contributed by atoms with E-state index < -0.39 is 17.1 Å². The van der Waals surface area contributed by atoms with Gasteiger partial charge >= 0.3 is 0 Å². The van der Waals surface area contributed by atoms with Crippen LogP contribution < -0.4 is 14.8 Å². The number of thioether (sulfide) groups is 1. The van der Waals surface area contributed by atoms with Gasteiger partial charge in [-0.15, -0.1) is 0 Å². The number of anilines is 1. The van der Waals surface area contributed by atoms with E-state index in [-0.39, 0.29) is 18.2 Å².